The van der Waals surface area contributed by atoms with Crippen LogP contribution in [0.2, 0.25) is 0 Å². The second kappa shape index (κ2) is 56.2. The quantitative estimate of drug-likeness (QED) is 0.0308. The van der Waals surface area contributed by atoms with Crippen LogP contribution in [0, 0.1) is 0 Å². The first kappa shape index (κ1) is 66.3. The monoisotopic (exact) mass is 956 g/mol. The number of nitrogens with one attached hydrogen (secondary N) is 1. The van der Waals surface area contributed by atoms with Crippen LogP contribution < -0.4 is 5.32 Å². The van der Waals surface area contributed by atoms with Gasteiger partial charge in [0.15, 0.2) is 0 Å². The summed E-state index contributed by atoms with van der Waals surface area (Å²) in [6, 6.07) is -1.02. The number of hydrogen-bond donors (Lipinski definition) is 5. The number of hydrogen-bond acceptors (Lipinski definition) is 5. The number of allylic oxidation sites excluding steroid dienone is 8. The molecule has 0 aromatic heterocycles. The number of aliphatic hydroxyl groups excluding tert-OH is 4. The molecule has 0 saturated heterocycles. The van der Waals surface area contributed by atoms with Gasteiger partial charge < -0.3 is 25.7 Å². The minimum Gasteiger partial charge on any atom is -0.394 e. The van der Waals surface area contributed by atoms with Gasteiger partial charge in [0.2, 0.25) is 5.91 Å². The van der Waals surface area contributed by atoms with Crippen molar-refractivity contribution < 1.29 is 25.2 Å². The number of unbranched alkanes of at least 4 members (excludes halogenated alkanes) is 38. The van der Waals surface area contributed by atoms with E-state index in [0.29, 0.717) is 19.3 Å². The van der Waals surface area contributed by atoms with Crippen LogP contribution in [0.4, 0.5) is 0 Å². The van der Waals surface area contributed by atoms with Crippen molar-refractivity contribution in [2.24, 2.45) is 0 Å². The smallest absolute Gasteiger partial charge is 0.249 e. The fraction of sp³-hybridized carbons (Fsp3) is 0.855. The average molecular weight is 957 g/mol. The molecule has 0 aliphatic heterocycles. The molecule has 4 unspecified atom stereocenters. The molecule has 0 bridgehead atoms. The SMILES string of the molecule is CCCCCCCCCCCCC/C=C\CCCCCCCCC(O)C(=O)NC(CO)C(O)C(O)CCC/C=C/CC/C=C/CC/C=C/CCCCCCCCCCCCCCCCCCCC. The van der Waals surface area contributed by atoms with Crippen LogP contribution in [0.25, 0.3) is 0 Å². The Hall–Kier alpha value is -1.73. The molecular formula is C62H117NO5. The predicted molar refractivity (Wildman–Crippen MR) is 297 cm³/mol. The Morgan fingerprint density at radius 2 is 0.618 bits per heavy atom. The number of amides is 1. The molecule has 0 saturated carbocycles. The second-order valence-electron chi connectivity index (χ2n) is 20.7. The van der Waals surface area contributed by atoms with E-state index in [2.05, 4.69) is 67.8 Å². The summed E-state index contributed by atoms with van der Waals surface area (Å²) >= 11 is 0. The number of aliphatic hydroxyl groups is 4. The summed E-state index contributed by atoms with van der Waals surface area (Å²) in [6.45, 7) is 4.07. The summed E-state index contributed by atoms with van der Waals surface area (Å²) in [4.78, 5) is 12.6. The minimum absolute atomic E-state index is 0.351. The topological polar surface area (TPSA) is 110 Å². The summed E-state index contributed by atoms with van der Waals surface area (Å²) in [6.07, 6.45) is 72.0. The minimum atomic E-state index is -1.30. The highest BCUT2D eigenvalue weighted by Crippen LogP contribution is 2.17. The first-order valence-corrected chi connectivity index (χ1v) is 30.0. The maximum absolute atomic E-state index is 12.6. The van der Waals surface area contributed by atoms with Crippen LogP contribution in [0.15, 0.2) is 48.6 Å². The van der Waals surface area contributed by atoms with Crippen molar-refractivity contribution >= 4 is 5.91 Å². The summed E-state index contributed by atoms with van der Waals surface area (Å²) in [5.41, 5.74) is 0. The van der Waals surface area contributed by atoms with Gasteiger partial charge in [-0.1, -0.05) is 268 Å². The molecule has 6 heteroatoms. The van der Waals surface area contributed by atoms with Crippen LogP contribution >= 0.6 is 0 Å². The van der Waals surface area contributed by atoms with E-state index >= 15 is 0 Å². The van der Waals surface area contributed by atoms with Gasteiger partial charge in [-0.25, -0.2) is 0 Å². The first-order chi connectivity index (χ1) is 33.5. The molecule has 0 aliphatic rings. The van der Waals surface area contributed by atoms with Crippen LogP contribution in [-0.4, -0.2) is 57.3 Å². The molecule has 0 radical (unpaired) electrons. The third-order valence-electron chi connectivity index (χ3n) is 14.0. The Labute approximate surface area is 423 Å². The Morgan fingerprint density at radius 1 is 0.353 bits per heavy atom. The van der Waals surface area contributed by atoms with E-state index in [-0.39, 0.29) is 0 Å². The van der Waals surface area contributed by atoms with E-state index in [4.69, 9.17) is 0 Å². The molecule has 5 N–H and O–H groups in total. The zero-order valence-electron chi connectivity index (χ0n) is 45.4. The number of carbonyl (C=O) groups is 1. The molecule has 0 spiro atoms. The number of rotatable bonds is 55. The van der Waals surface area contributed by atoms with Crippen molar-refractivity contribution in [1.29, 1.82) is 0 Å². The van der Waals surface area contributed by atoms with E-state index in [1.165, 1.54) is 212 Å². The molecule has 6 nitrogen and oxygen atoms in total. The Bertz CT molecular complexity index is 1120. The largest absolute Gasteiger partial charge is 0.394 e. The van der Waals surface area contributed by atoms with Gasteiger partial charge in [0, 0.05) is 0 Å². The molecule has 0 aromatic rings. The van der Waals surface area contributed by atoms with E-state index < -0.39 is 36.9 Å². The van der Waals surface area contributed by atoms with Gasteiger partial charge in [-0.05, 0) is 89.9 Å². The molecule has 1 amide bonds. The molecule has 0 fully saturated rings. The average Bonchev–Trinajstić information content (AvgIpc) is 3.34. The highest BCUT2D eigenvalue weighted by molar-refractivity contribution is 5.80. The Kier molecular flexibility index (Phi) is 54.8. The van der Waals surface area contributed by atoms with Gasteiger partial charge in [-0.15, -0.1) is 0 Å². The molecule has 0 aliphatic carbocycles. The lowest BCUT2D eigenvalue weighted by atomic mass is 10.00. The maximum Gasteiger partial charge on any atom is 0.249 e. The van der Waals surface area contributed by atoms with Gasteiger partial charge in [0.05, 0.1) is 18.8 Å². The molecule has 0 heterocycles. The van der Waals surface area contributed by atoms with E-state index in [0.717, 1.165) is 64.2 Å². The molecule has 4 atom stereocenters. The third kappa shape index (κ3) is 49.3. The van der Waals surface area contributed by atoms with Crippen LogP contribution in [0.5, 0.6) is 0 Å². The predicted octanol–water partition coefficient (Wildman–Crippen LogP) is 17.8. The van der Waals surface area contributed by atoms with Gasteiger partial charge in [-0.2, -0.15) is 0 Å². The van der Waals surface area contributed by atoms with Crippen molar-refractivity contribution in [2.45, 2.75) is 334 Å². The first-order valence-electron chi connectivity index (χ1n) is 30.0. The fourth-order valence-corrected chi connectivity index (χ4v) is 9.26. The lowest BCUT2D eigenvalue weighted by molar-refractivity contribution is -0.132. The van der Waals surface area contributed by atoms with Crippen LogP contribution in [0.3, 0.4) is 0 Å². The third-order valence-corrected chi connectivity index (χ3v) is 14.0. The van der Waals surface area contributed by atoms with Crippen LogP contribution in [-0.2, 0) is 4.79 Å². The summed E-state index contributed by atoms with van der Waals surface area (Å²) in [7, 11) is 0. The van der Waals surface area contributed by atoms with Crippen molar-refractivity contribution in [3.63, 3.8) is 0 Å². The van der Waals surface area contributed by atoms with Crippen molar-refractivity contribution in [2.75, 3.05) is 6.61 Å². The Morgan fingerprint density at radius 3 is 0.926 bits per heavy atom. The normalized spacial score (nSPS) is 14.0. The van der Waals surface area contributed by atoms with Crippen molar-refractivity contribution in [1.82, 2.24) is 5.32 Å². The second-order valence-corrected chi connectivity index (χ2v) is 20.7. The van der Waals surface area contributed by atoms with Crippen molar-refractivity contribution in [3.8, 4) is 0 Å². The van der Waals surface area contributed by atoms with Crippen LogP contribution in [0.1, 0.15) is 309 Å². The summed E-state index contributed by atoms with van der Waals surface area (Å²) in [5.74, 6) is -0.602. The lowest BCUT2D eigenvalue weighted by Gasteiger charge is -2.27. The summed E-state index contributed by atoms with van der Waals surface area (Å²) < 4.78 is 0. The van der Waals surface area contributed by atoms with E-state index in [1.807, 2.05) is 0 Å². The zero-order chi connectivity index (χ0) is 49.5. The zero-order valence-corrected chi connectivity index (χ0v) is 45.4. The summed E-state index contributed by atoms with van der Waals surface area (Å²) in [5, 5.41) is 44.0. The molecule has 400 valence electrons. The molecule has 68 heavy (non-hydrogen) atoms. The molecule has 0 aromatic carbocycles. The Balaban J connectivity index is 3.69. The highest BCUT2D eigenvalue weighted by atomic mass is 16.3. The fourth-order valence-electron chi connectivity index (χ4n) is 9.26. The molecule has 0 rings (SSSR count). The van der Waals surface area contributed by atoms with Gasteiger partial charge >= 0.3 is 0 Å². The van der Waals surface area contributed by atoms with Gasteiger partial charge in [0.25, 0.3) is 0 Å². The maximum atomic E-state index is 12.6. The highest BCUT2D eigenvalue weighted by Gasteiger charge is 2.28. The van der Waals surface area contributed by atoms with E-state index in [9.17, 15) is 25.2 Å². The van der Waals surface area contributed by atoms with Gasteiger partial charge in [-0.3, -0.25) is 4.79 Å². The molecular weight excluding hydrogens is 839 g/mol. The van der Waals surface area contributed by atoms with E-state index in [1.54, 1.807) is 0 Å². The number of carbonyl (C=O) groups excluding carboxylic acids is 1. The lowest BCUT2D eigenvalue weighted by Crippen LogP contribution is -2.53. The van der Waals surface area contributed by atoms with Gasteiger partial charge in [0.1, 0.15) is 12.2 Å². The standard InChI is InChI=1S/C62H117NO5/c1-3-5-7-9-11-13-15-17-19-21-23-25-26-27-28-29-30-31-32-33-34-36-37-39-41-43-45-47-49-51-53-55-59(65)61(67)58(57-64)63-62(68)60(66)56-54-52-50-48-46-44-42-40-38-35-24-22-20-18-16-14-12-10-8-6-4-2/h33-34,38-41,47,49,58-61,64-67H,3-32,35-37,42-46,48,50-57H2,1-2H3,(H,63,68)/b34-33+,40-38-,41-39+,49-47+. The van der Waals surface area contributed by atoms with Crippen molar-refractivity contribution in [3.05, 3.63) is 48.6 Å².